The number of para-hydroxylation sites is 1. The molecule has 2 aromatic rings. The van der Waals surface area contributed by atoms with Gasteiger partial charge in [0.05, 0.1) is 24.4 Å². The maximum Gasteiger partial charge on any atom is 0.238 e. The molecular formula is C18H20Cl2N2O2. The van der Waals surface area contributed by atoms with E-state index >= 15 is 0 Å². The van der Waals surface area contributed by atoms with Gasteiger partial charge in [-0.25, -0.2) is 0 Å². The quantitative estimate of drug-likeness (QED) is 0.809. The predicted molar refractivity (Wildman–Crippen MR) is 99.1 cm³/mol. The molecular weight excluding hydrogens is 347 g/mol. The summed E-state index contributed by atoms with van der Waals surface area (Å²) in [6.45, 7) is 2.24. The maximum absolute atomic E-state index is 12.3. The lowest BCUT2D eigenvalue weighted by Gasteiger charge is -2.25. The third kappa shape index (κ3) is 4.63. The van der Waals surface area contributed by atoms with Crippen LogP contribution in [0.5, 0.6) is 5.75 Å². The van der Waals surface area contributed by atoms with Gasteiger partial charge >= 0.3 is 0 Å². The number of anilines is 1. The second kappa shape index (κ2) is 8.38. The molecule has 6 heteroatoms. The Kier molecular flexibility index (Phi) is 6.49. The average molecular weight is 367 g/mol. The van der Waals surface area contributed by atoms with Crippen LogP contribution in [0.15, 0.2) is 42.5 Å². The summed E-state index contributed by atoms with van der Waals surface area (Å²) in [6.07, 6.45) is 0. The zero-order valence-corrected chi connectivity index (χ0v) is 15.4. The normalized spacial score (nSPS) is 12.1. The first-order chi connectivity index (χ1) is 11.4. The number of carbonyl (C=O) groups is 1. The van der Waals surface area contributed by atoms with Crippen LogP contribution < -0.4 is 10.1 Å². The molecule has 2 aromatic carbocycles. The largest absolute Gasteiger partial charge is 0.496 e. The van der Waals surface area contributed by atoms with Gasteiger partial charge < -0.3 is 10.1 Å². The molecule has 0 aliphatic carbocycles. The highest BCUT2D eigenvalue weighted by molar-refractivity contribution is 6.35. The first-order valence-corrected chi connectivity index (χ1v) is 8.26. The van der Waals surface area contributed by atoms with Gasteiger partial charge in [0.15, 0.2) is 0 Å². The van der Waals surface area contributed by atoms with Crippen molar-refractivity contribution in [1.29, 1.82) is 0 Å². The topological polar surface area (TPSA) is 41.6 Å². The number of amides is 1. The highest BCUT2D eigenvalue weighted by atomic mass is 35.5. The van der Waals surface area contributed by atoms with Crippen molar-refractivity contribution in [3.8, 4) is 5.75 Å². The third-order valence-corrected chi connectivity index (χ3v) is 4.41. The molecule has 1 atom stereocenters. The molecule has 4 nitrogen and oxygen atoms in total. The van der Waals surface area contributed by atoms with Gasteiger partial charge in [-0.15, -0.1) is 0 Å². The van der Waals surface area contributed by atoms with E-state index < -0.39 is 0 Å². The Hall–Kier alpha value is -1.75. The Morgan fingerprint density at radius 2 is 1.96 bits per heavy atom. The van der Waals surface area contributed by atoms with E-state index in [4.69, 9.17) is 27.9 Å². The van der Waals surface area contributed by atoms with Crippen molar-refractivity contribution < 1.29 is 9.53 Å². The number of likely N-dealkylation sites (N-methyl/N-ethyl adjacent to an activating group) is 1. The summed E-state index contributed by atoms with van der Waals surface area (Å²) in [5.74, 6) is 0.638. The van der Waals surface area contributed by atoms with Gasteiger partial charge in [-0.1, -0.05) is 41.4 Å². The van der Waals surface area contributed by atoms with Gasteiger partial charge in [0.25, 0.3) is 0 Å². The number of rotatable bonds is 6. The van der Waals surface area contributed by atoms with E-state index in [1.807, 2.05) is 43.1 Å². The molecule has 1 amide bonds. The van der Waals surface area contributed by atoms with Crippen LogP contribution in [-0.2, 0) is 4.79 Å². The molecule has 0 saturated heterocycles. The third-order valence-electron chi connectivity index (χ3n) is 3.85. The molecule has 0 aromatic heterocycles. The van der Waals surface area contributed by atoms with Crippen molar-refractivity contribution in [3.63, 3.8) is 0 Å². The Labute approximate surface area is 152 Å². The lowest BCUT2D eigenvalue weighted by atomic mass is 10.1. The zero-order valence-electron chi connectivity index (χ0n) is 13.8. The van der Waals surface area contributed by atoms with Crippen LogP contribution in [0.25, 0.3) is 0 Å². The Morgan fingerprint density at radius 1 is 1.25 bits per heavy atom. The van der Waals surface area contributed by atoms with Crippen LogP contribution in [-0.4, -0.2) is 31.5 Å². The lowest BCUT2D eigenvalue weighted by molar-refractivity contribution is -0.117. The summed E-state index contributed by atoms with van der Waals surface area (Å²) < 4.78 is 5.39. The van der Waals surface area contributed by atoms with E-state index in [2.05, 4.69) is 5.32 Å². The van der Waals surface area contributed by atoms with Crippen molar-refractivity contribution in [1.82, 2.24) is 4.90 Å². The SMILES string of the molecule is COc1ccccc1C(C)N(C)CC(=O)Nc1cc(Cl)ccc1Cl. The minimum Gasteiger partial charge on any atom is -0.496 e. The van der Waals surface area contributed by atoms with Crippen LogP contribution in [0, 0.1) is 0 Å². The van der Waals surface area contributed by atoms with Gasteiger partial charge in [0.2, 0.25) is 5.91 Å². The van der Waals surface area contributed by atoms with Gasteiger partial charge in [-0.2, -0.15) is 0 Å². The molecule has 0 aliphatic heterocycles. The van der Waals surface area contributed by atoms with Crippen molar-refractivity contribution in [2.45, 2.75) is 13.0 Å². The first kappa shape index (κ1) is 18.6. The molecule has 2 rings (SSSR count). The fourth-order valence-corrected chi connectivity index (χ4v) is 2.73. The summed E-state index contributed by atoms with van der Waals surface area (Å²) in [4.78, 5) is 14.2. The smallest absolute Gasteiger partial charge is 0.238 e. The zero-order chi connectivity index (χ0) is 17.7. The Balaban J connectivity index is 2.04. The highest BCUT2D eigenvalue weighted by Gasteiger charge is 2.18. The minimum absolute atomic E-state index is 0.0155. The average Bonchev–Trinajstić information content (AvgIpc) is 2.57. The summed E-state index contributed by atoms with van der Waals surface area (Å²) in [6, 6.07) is 12.7. The number of carbonyl (C=O) groups excluding carboxylic acids is 1. The fraction of sp³-hybridized carbons (Fsp3) is 0.278. The number of methoxy groups -OCH3 is 1. The molecule has 0 radical (unpaired) electrons. The van der Waals surface area contributed by atoms with Crippen LogP contribution in [0.1, 0.15) is 18.5 Å². The van der Waals surface area contributed by atoms with Gasteiger partial charge in [0, 0.05) is 16.6 Å². The minimum atomic E-state index is -0.164. The van der Waals surface area contributed by atoms with E-state index in [1.165, 1.54) is 0 Å². The molecule has 0 fully saturated rings. The summed E-state index contributed by atoms with van der Waals surface area (Å²) in [7, 11) is 3.52. The molecule has 1 unspecified atom stereocenters. The number of nitrogens with one attached hydrogen (secondary N) is 1. The van der Waals surface area contributed by atoms with E-state index in [-0.39, 0.29) is 18.5 Å². The molecule has 24 heavy (non-hydrogen) atoms. The molecule has 128 valence electrons. The van der Waals surface area contributed by atoms with Gasteiger partial charge in [0.1, 0.15) is 5.75 Å². The molecule has 0 spiro atoms. The Bertz CT molecular complexity index is 722. The standard InChI is InChI=1S/C18H20Cl2N2O2/c1-12(14-6-4-5-7-17(14)24-3)22(2)11-18(23)21-16-10-13(19)8-9-15(16)20/h4-10,12H,11H2,1-3H3,(H,21,23). The number of benzene rings is 2. The summed E-state index contributed by atoms with van der Waals surface area (Å²) in [5.41, 5.74) is 1.53. The van der Waals surface area contributed by atoms with Gasteiger partial charge in [-0.05, 0) is 38.2 Å². The number of nitrogens with zero attached hydrogens (tertiary/aromatic N) is 1. The van der Waals surface area contributed by atoms with Crippen molar-refractivity contribution in [2.75, 3.05) is 26.0 Å². The van der Waals surface area contributed by atoms with E-state index in [0.717, 1.165) is 11.3 Å². The second-order valence-electron chi connectivity index (χ2n) is 5.51. The maximum atomic E-state index is 12.3. The van der Waals surface area contributed by atoms with Crippen molar-refractivity contribution in [2.24, 2.45) is 0 Å². The monoisotopic (exact) mass is 366 g/mol. The molecule has 0 bridgehead atoms. The summed E-state index contributed by atoms with van der Waals surface area (Å²) >= 11 is 12.0. The van der Waals surface area contributed by atoms with E-state index in [1.54, 1.807) is 25.3 Å². The van der Waals surface area contributed by atoms with Gasteiger partial charge in [-0.3, -0.25) is 9.69 Å². The van der Waals surface area contributed by atoms with Crippen LogP contribution >= 0.6 is 23.2 Å². The van der Waals surface area contributed by atoms with E-state index in [0.29, 0.717) is 15.7 Å². The lowest BCUT2D eigenvalue weighted by Crippen LogP contribution is -2.32. The number of ether oxygens (including phenoxy) is 1. The number of hydrogen-bond acceptors (Lipinski definition) is 3. The first-order valence-electron chi connectivity index (χ1n) is 7.50. The predicted octanol–water partition coefficient (Wildman–Crippen LogP) is 4.63. The molecule has 1 N–H and O–H groups in total. The molecule has 0 saturated carbocycles. The Morgan fingerprint density at radius 3 is 2.67 bits per heavy atom. The molecule has 0 aliphatic rings. The number of hydrogen-bond donors (Lipinski definition) is 1. The van der Waals surface area contributed by atoms with Crippen LogP contribution in [0.4, 0.5) is 5.69 Å². The van der Waals surface area contributed by atoms with Crippen LogP contribution in [0.2, 0.25) is 10.0 Å². The second-order valence-corrected chi connectivity index (χ2v) is 6.35. The van der Waals surface area contributed by atoms with Crippen molar-refractivity contribution in [3.05, 3.63) is 58.1 Å². The summed E-state index contributed by atoms with van der Waals surface area (Å²) in [5, 5.41) is 3.76. The fourth-order valence-electron chi connectivity index (χ4n) is 2.40. The van der Waals surface area contributed by atoms with Crippen molar-refractivity contribution >= 4 is 34.8 Å². The highest BCUT2D eigenvalue weighted by Crippen LogP contribution is 2.28. The van der Waals surface area contributed by atoms with E-state index in [9.17, 15) is 4.79 Å². The van der Waals surface area contributed by atoms with Crippen LogP contribution in [0.3, 0.4) is 0 Å². The number of halogens is 2. The molecule has 0 heterocycles.